The van der Waals surface area contributed by atoms with Gasteiger partial charge in [0.05, 0.1) is 24.4 Å². The molecule has 1 atom stereocenters. The highest BCUT2D eigenvalue weighted by Gasteiger charge is 2.13. The number of anilines is 2. The molecule has 1 aromatic carbocycles. The van der Waals surface area contributed by atoms with Crippen molar-refractivity contribution in [2.24, 2.45) is 5.92 Å². The predicted octanol–water partition coefficient (Wildman–Crippen LogP) is 3.14. The second-order valence-corrected chi connectivity index (χ2v) is 5.37. The lowest BCUT2D eigenvalue weighted by atomic mass is 10.0. The van der Waals surface area contributed by atoms with Crippen molar-refractivity contribution in [1.29, 1.82) is 0 Å². The largest absolute Gasteiger partial charge is 0.489 e. The van der Waals surface area contributed by atoms with Crippen LogP contribution in [0.25, 0.3) is 0 Å². The SMILES string of the molecule is COCC(Nc1ccc(N)c(OC(C)C)c1)C(C)C. The van der Waals surface area contributed by atoms with Gasteiger partial charge in [-0.2, -0.15) is 0 Å². The zero-order chi connectivity index (χ0) is 14.4. The maximum absolute atomic E-state index is 5.91. The quantitative estimate of drug-likeness (QED) is 0.744. The lowest BCUT2D eigenvalue weighted by molar-refractivity contribution is 0.171. The molecule has 0 amide bonds. The van der Waals surface area contributed by atoms with Crippen LogP contribution in [0.3, 0.4) is 0 Å². The fourth-order valence-corrected chi connectivity index (χ4v) is 1.77. The van der Waals surface area contributed by atoms with Gasteiger partial charge in [-0.15, -0.1) is 0 Å². The van der Waals surface area contributed by atoms with Gasteiger partial charge in [0.1, 0.15) is 5.75 Å². The Hall–Kier alpha value is -1.42. The van der Waals surface area contributed by atoms with Crippen molar-refractivity contribution in [1.82, 2.24) is 0 Å². The molecule has 0 heterocycles. The van der Waals surface area contributed by atoms with Crippen molar-refractivity contribution in [2.45, 2.75) is 39.8 Å². The molecule has 1 aromatic rings. The van der Waals surface area contributed by atoms with Crippen LogP contribution < -0.4 is 15.8 Å². The number of nitrogens with two attached hydrogens (primary N) is 1. The average Bonchev–Trinajstić information content (AvgIpc) is 2.32. The molecule has 1 rings (SSSR count). The molecule has 0 aromatic heterocycles. The highest BCUT2D eigenvalue weighted by Crippen LogP contribution is 2.27. The van der Waals surface area contributed by atoms with E-state index in [2.05, 4.69) is 19.2 Å². The number of nitrogen functional groups attached to an aromatic ring is 1. The Labute approximate surface area is 116 Å². The molecule has 0 fully saturated rings. The van der Waals surface area contributed by atoms with Crippen LogP contribution in [-0.4, -0.2) is 25.9 Å². The third-order valence-corrected chi connectivity index (χ3v) is 2.88. The van der Waals surface area contributed by atoms with E-state index in [4.69, 9.17) is 15.2 Å². The molecular weight excluding hydrogens is 240 g/mol. The van der Waals surface area contributed by atoms with Gasteiger partial charge in [-0.3, -0.25) is 0 Å². The molecule has 4 nitrogen and oxygen atoms in total. The van der Waals surface area contributed by atoms with Crippen LogP contribution >= 0.6 is 0 Å². The average molecular weight is 266 g/mol. The van der Waals surface area contributed by atoms with Gasteiger partial charge in [-0.05, 0) is 31.9 Å². The molecule has 108 valence electrons. The predicted molar refractivity (Wildman–Crippen MR) is 80.7 cm³/mol. The van der Waals surface area contributed by atoms with Gasteiger partial charge < -0.3 is 20.5 Å². The maximum Gasteiger partial charge on any atom is 0.144 e. The van der Waals surface area contributed by atoms with Crippen LogP contribution in [0.2, 0.25) is 0 Å². The normalized spacial score (nSPS) is 12.8. The Morgan fingerprint density at radius 3 is 2.42 bits per heavy atom. The summed E-state index contributed by atoms with van der Waals surface area (Å²) in [6.07, 6.45) is 0.109. The summed E-state index contributed by atoms with van der Waals surface area (Å²) in [7, 11) is 1.72. The van der Waals surface area contributed by atoms with Gasteiger partial charge in [0, 0.05) is 18.9 Å². The van der Waals surface area contributed by atoms with Gasteiger partial charge >= 0.3 is 0 Å². The molecule has 0 saturated heterocycles. The molecule has 3 N–H and O–H groups in total. The summed E-state index contributed by atoms with van der Waals surface area (Å²) in [5, 5.41) is 3.46. The van der Waals surface area contributed by atoms with Crippen molar-refractivity contribution >= 4 is 11.4 Å². The first-order chi connectivity index (χ1) is 8.93. The van der Waals surface area contributed by atoms with Crippen molar-refractivity contribution in [2.75, 3.05) is 24.8 Å². The van der Waals surface area contributed by atoms with Gasteiger partial charge in [0.15, 0.2) is 0 Å². The third-order valence-electron chi connectivity index (χ3n) is 2.88. The lowest BCUT2D eigenvalue weighted by Gasteiger charge is -2.23. The summed E-state index contributed by atoms with van der Waals surface area (Å²) in [5.41, 5.74) is 7.57. The van der Waals surface area contributed by atoms with Gasteiger partial charge in [0.25, 0.3) is 0 Å². The van der Waals surface area contributed by atoms with Crippen molar-refractivity contribution in [3.63, 3.8) is 0 Å². The number of methoxy groups -OCH3 is 1. The monoisotopic (exact) mass is 266 g/mol. The topological polar surface area (TPSA) is 56.5 Å². The summed E-state index contributed by atoms with van der Waals surface area (Å²) < 4.78 is 10.9. The van der Waals surface area contributed by atoms with Crippen LogP contribution in [0.4, 0.5) is 11.4 Å². The fourth-order valence-electron chi connectivity index (χ4n) is 1.77. The van der Waals surface area contributed by atoms with Crippen LogP contribution in [0, 0.1) is 5.92 Å². The number of benzene rings is 1. The summed E-state index contributed by atoms with van der Waals surface area (Å²) >= 11 is 0. The molecular formula is C15H26N2O2. The second-order valence-electron chi connectivity index (χ2n) is 5.37. The Morgan fingerprint density at radius 1 is 1.21 bits per heavy atom. The van der Waals surface area contributed by atoms with Gasteiger partial charge in [0.2, 0.25) is 0 Å². The minimum Gasteiger partial charge on any atom is -0.489 e. The van der Waals surface area contributed by atoms with E-state index in [0.717, 1.165) is 11.4 Å². The van der Waals surface area contributed by atoms with Crippen molar-refractivity contribution < 1.29 is 9.47 Å². The zero-order valence-corrected chi connectivity index (χ0v) is 12.6. The minimum absolute atomic E-state index is 0.109. The smallest absolute Gasteiger partial charge is 0.144 e. The Balaban J connectivity index is 2.83. The van der Waals surface area contributed by atoms with E-state index in [1.807, 2.05) is 32.0 Å². The number of ether oxygens (including phenoxy) is 2. The van der Waals surface area contributed by atoms with Gasteiger partial charge in [-0.1, -0.05) is 13.8 Å². The molecule has 1 unspecified atom stereocenters. The number of hydrogen-bond donors (Lipinski definition) is 2. The maximum atomic E-state index is 5.91. The Bertz CT molecular complexity index is 392. The summed E-state index contributed by atoms with van der Waals surface area (Å²) in [6, 6.07) is 6.04. The summed E-state index contributed by atoms with van der Waals surface area (Å²) in [4.78, 5) is 0. The van der Waals surface area contributed by atoms with E-state index >= 15 is 0 Å². The lowest BCUT2D eigenvalue weighted by Crippen LogP contribution is -2.30. The second kappa shape index (κ2) is 7.24. The first kappa shape index (κ1) is 15.6. The van der Waals surface area contributed by atoms with E-state index in [9.17, 15) is 0 Å². The molecule has 0 aliphatic carbocycles. The van der Waals surface area contributed by atoms with E-state index in [-0.39, 0.29) is 12.1 Å². The highest BCUT2D eigenvalue weighted by molar-refractivity contribution is 5.61. The standard InChI is InChI=1S/C15H26N2O2/c1-10(2)14(9-18-5)17-12-6-7-13(16)15(8-12)19-11(3)4/h6-8,10-11,14,17H,9,16H2,1-5H3. The fraction of sp³-hybridized carbons (Fsp3) is 0.600. The zero-order valence-electron chi connectivity index (χ0n) is 12.6. The van der Waals surface area contributed by atoms with Crippen LogP contribution in [0.1, 0.15) is 27.7 Å². The molecule has 0 saturated carbocycles. The summed E-state index contributed by atoms with van der Waals surface area (Å²) in [6.45, 7) is 8.98. The molecule has 0 radical (unpaired) electrons. The molecule has 19 heavy (non-hydrogen) atoms. The van der Waals surface area contributed by atoms with Crippen LogP contribution in [-0.2, 0) is 4.74 Å². The molecule has 0 bridgehead atoms. The Morgan fingerprint density at radius 2 is 1.89 bits per heavy atom. The molecule has 4 heteroatoms. The van der Waals surface area contributed by atoms with Crippen molar-refractivity contribution in [3.05, 3.63) is 18.2 Å². The van der Waals surface area contributed by atoms with E-state index in [1.165, 1.54) is 0 Å². The molecule has 0 aliphatic rings. The van der Waals surface area contributed by atoms with Crippen molar-refractivity contribution in [3.8, 4) is 5.75 Å². The van der Waals surface area contributed by atoms with Crippen LogP contribution in [0.15, 0.2) is 18.2 Å². The van der Waals surface area contributed by atoms with Crippen LogP contribution in [0.5, 0.6) is 5.75 Å². The number of rotatable bonds is 7. The molecule has 0 spiro atoms. The highest BCUT2D eigenvalue weighted by atomic mass is 16.5. The summed E-state index contributed by atoms with van der Waals surface area (Å²) in [5.74, 6) is 1.20. The first-order valence-corrected chi connectivity index (χ1v) is 6.75. The Kier molecular flexibility index (Phi) is 5.96. The number of nitrogens with one attached hydrogen (secondary N) is 1. The van der Waals surface area contributed by atoms with E-state index in [0.29, 0.717) is 18.2 Å². The number of hydrogen-bond acceptors (Lipinski definition) is 4. The molecule has 0 aliphatic heterocycles. The van der Waals surface area contributed by atoms with E-state index in [1.54, 1.807) is 7.11 Å². The van der Waals surface area contributed by atoms with E-state index < -0.39 is 0 Å². The third kappa shape index (κ3) is 4.99. The first-order valence-electron chi connectivity index (χ1n) is 6.75. The van der Waals surface area contributed by atoms with Gasteiger partial charge in [-0.25, -0.2) is 0 Å². The minimum atomic E-state index is 0.109.